The zero-order valence-corrected chi connectivity index (χ0v) is 9.89. The minimum absolute atomic E-state index is 0.0209. The first-order chi connectivity index (χ1) is 8.35. The van der Waals surface area contributed by atoms with Gasteiger partial charge in [-0.1, -0.05) is 0 Å². The van der Waals surface area contributed by atoms with Gasteiger partial charge in [-0.2, -0.15) is 0 Å². The largest absolute Gasteiger partial charge is 0.462 e. The molecule has 1 fully saturated rings. The van der Waals surface area contributed by atoms with Gasteiger partial charge in [0.1, 0.15) is 18.3 Å². The first-order valence-electron chi connectivity index (χ1n) is 5.58. The van der Waals surface area contributed by atoms with Gasteiger partial charge >= 0.3 is 5.97 Å². The number of hydrogen-bond acceptors (Lipinski definition) is 8. The Morgan fingerprint density at radius 2 is 2.17 bits per heavy atom. The van der Waals surface area contributed by atoms with Crippen LogP contribution in [0.25, 0.3) is 0 Å². The summed E-state index contributed by atoms with van der Waals surface area (Å²) in [7, 11) is 0. The van der Waals surface area contributed by atoms with Crippen molar-refractivity contribution in [2.45, 2.75) is 43.5 Å². The monoisotopic (exact) mass is 266 g/mol. The third-order valence-corrected chi connectivity index (χ3v) is 2.71. The fourth-order valence-corrected chi connectivity index (χ4v) is 1.75. The van der Waals surface area contributed by atoms with Crippen molar-refractivity contribution < 1.29 is 39.8 Å². The van der Waals surface area contributed by atoms with Crippen LogP contribution in [-0.2, 0) is 14.3 Å². The van der Waals surface area contributed by atoms with Gasteiger partial charge in [0.05, 0.1) is 19.3 Å². The fourth-order valence-electron chi connectivity index (χ4n) is 1.75. The molecular formula is C10H18O8. The Balaban J connectivity index is 2.74. The molecule has 18 heavy (non-hydrogen) atoms. The molecule has 106 valence electrons. The molecule has 0 spiro atoms. The molecule has 0 amide bonds. The molecule has 0 bridgehead atoms. The normalized spacial score (nSPS) is 35.2. The molecule has 1 saturated heterocycles. The van der Waals surface area contributed by atoms with Crippen molar-refractivity contribution in [1.29, 1.82) is 0 Å². The van der Waals surface area contributed by atoms with Crippen LogP contribution in [0.2, 0.25) is 0 Å². The second kappa shape index (κ2) is 5.91. The van der Waals surface area contributed by atoms with Crippen molar-refractivity contribution in [2.75, 3.05) is 13.2 Å². The van der Waals surface area contributed by atoms with E-state index >= 15 is 0 Å². The Hall–Kier alpha value is -0.770. The molecule has 0 aromatic carbocycles. The Bertz CT molecular complexity index is 296. The van der Waals surface area contributed by atoms with E-state index in [0.717, 1.165) is 0 Å². The lowest BCUT2D eigenvalue weighted by Gasteiger charge is -2.25. The van der Waals surface area contributed by atoms with E-state index < -0.39 is 49.2 Å². The van der Waals surface area contributed by atoms with Gasteiger partial charge < -0.3 is 35.0 Å². The molecule has 1 unspecified atom stereocenters. The van der Waals surface area contributed by atoms with Crippen LogP contribution in [0.15, 0.2) is 0 Å². The first-order valence-corrected chi connectivity index (χ1v) is 5.58. The molecule has 1 aliphatic rings. The zero-order valence-electron chi connectivity index (χ0n) is 9.89. The van der Waals surface area contributed by atoms with Crippen molar-refractivity contribution in [3.8, 4) is 0 Å². The predicted octanol–water partition coefficient (Wildman–Crippen LogP) is -2.90. The van der Waals surface area contributed by atoms with E-state index in [4.69, 9.17) is 9.84 Å². The third-order valence-electron chi connectivity index (χ3n) is 2.71. The van der Waals surface area contributed by atoms with Gasteiger partial charge in [-0.25, -0.2) is 4.79 Å². The lowest BCUT2D eigenvalue weighted by molar-refractivity contribution is -0.234. The summed E-state index contributed by atoms with van der Waals surface area (Å²) < 4.78 is 9.44. The summed E-state index contributed by atoms with van der Waals surface area (Å²) in [4.78, 5) is 11.4. The van der Waals surface area contributed by atoms with Crippen LogP contribution in [0.3, 0.4) is 0 Å². The SMILES string of the molecule is CCOC(=O)C1(O)C[C@@H](O)[C@H]([C@H](O)[C@H](O)CO)O1. The van der Waals surface area contributed by atoms with Gasteiger partial charge in [0.15, 0.2) is 0 Å². The highest BCUT2D eigenvalue weighted by Gasteiger charge is 2.54. The quantitative estimate of drug-likeness (QED) is 0.334. The van der Waals surface area contributed by atoms with E-state index in [1.165, 1.54) is 6.92 Å². The van der Waals surface area contributed by atoms with Gasteiger partial charge in [-0.3, -0.25) is 0 Å². The van der Waals surface area contributed by atoms with Crippen LogP contribution in [0, 0.1) is 0 Å². The maximum atomic E-state index is 11.4. The maximum absolute atomic E-state index is 11.4. The number of rotatable bonds is 5. The van der Waals surface area contributed by atoms with E-state index in [1.807, 2.05) is 0 Å². The van der Waals surface area contributed by atoms with Crippen molar-refractivity contribution in [2.24, 2.45) is 0 Å². The molecule has 0 aromatic heterocycles. The summed E-state index contributed by atoms with van der Waals surface area (Å²) in [5.74, 6) is -3.42. The van der Waals surface area contributed by atoms with Gasteiger partial charge in [0, 0.05) is 6.42 Å². The van der Waals surface area contributed by atoms with E-state index in [0.29, 0.717) is 0 Å². The lowest BCUT2D eigenvalue weighted by Crippen LogP contribution is -2.46. The molecule has 0 aromatic rings. The van der Waals surface area contributed by atoms with Crippen LogP contribution in [0.1, 0.15) is 13.3 Å². The number of ether oxygens (including phenoxy) is 2. The molecular weight excluding hydrogens is 248 g/mol. The zero-order chi connectivity index (χ0) is 13.9. The van der Waals surface area contributed by atoms with Crippen LogP contribution < -0.4 is 0 Å². The highest BCUT2D eigenvalue weighted by molar-refractivity contribution is 5.78. The van der Waals surface area contributed by atoms with Crippen LogP contribution in [0.5, 0.6) is 0 Å². The molecule has 5 atom stereocenters. The number of carbonyl (C=O) groups excluding carboxylic acids is 1. The number of hydrogen-bond donors (Lipinski definition) is 5. The molecule has 0 radical (unpaired) electrons. The Kier molecular flexibility index (Phi) is 5.02. The Morgan fingerprint density at radius 1 is 1.56 bits per heavy atom. The van der Waals surface area contributed by atoms with Crippen LogP contribution >= 0.6 is 0 Å². The summed E-state index contributed by atoms with van der Waals surface area (Å²) in [6.07, 6.45) is -6.41. The lowest BCUT2D eigenvalue weighted by atomic mass is 10.0. The Morgan fingerprint density at radius 3 is 2.67 bits per heavy atom. The number of aliphatic hydroxyl groups excluding tert-OH is 4. The number of carbonyl (C=O) groups is 1. The van der Waals surface area contributed by atoms with E-state index in [-0.39, 0.29) is 6.61 Å². The minimum atomic E-state index is -2.35. The van der Waals surface area contributed by atoms with Gasteiger partial charge in [0.25, 0.3) is 5.79 Å². The summed E-state index contributed by atoms with van der Waals surface area (Å²) in [5, 5.41) is 46.9. The van der Waals surface area contributed by atoms with Gasteiger partial charge in [-0.15, -0.1) is 0 Å². The topological polar surface area (TPSA) is 137 Å². The van der Waals surface area contributed by atoms with Gasteiger partial charge in [0.2, 0.25) is 0 Å². The summed E-state index contributed by atoms with van der Waals surface area (Å²) in [6, 6.07) is 0. The van der Waals surface area contributed by atoms with E-state index in [2.05, 4.69) is 4.74 Å². The van der Waals surface area contributed by atoms with Crippen LogP contribution in [-0.4, -0.2) is 74.9 Å². The maximum Gasteiger partial charge on any atom is 0.366 e. The molecule has 8 nitrogen and oxygen atoms in total. The second-order valence-electron chi connectivity index (χ2n) is 4.10. The highest BCUT2D eigenvalue weighted by Crippen LogP contribution is 2.32. The molecule has 8 heteroatoms. The minimum Gasteiger partial charge on any atom is -0.462 e. The fraction of sp³-hybridized carbons (Fsp3) is 0.900. The molecule has 1 heterocycles. The first kappa shape index (κ1) is 15.3. The molecule has 1 aliphatic heterocycles. The molecule has 5 N–H and O–H groups in total. The van der Waals surface area contributed by atoms with Crippen molar-refractivity contribution in [3.05, 3.63) is 0 Å². The van der Waals surface area contributed by atoms with Crippen molar-refractivity contribution in [3.63, 3.8) is 0 Å². The molecule has 1 rings (SSSR count). The average molecular weight is 266 g/mol. The highest BCUT2D eigenvalue weighted by atomic mass is 16.7. The molecule has 0 aliphatic carbocycles. The number of aliphatic hydroxyl groups is 5. The van der Waals surface area contributed by atoms with Crippen molar-refractivity contribution >= 4 is 5.97 Å². The van der Waals surface area contributed by atoms with Crippen molar-refractivity contribution in [1.82, 2.24) is 0 Å². The smallest absolute Gasteiger partial charge is 0.366 e. The predicted molar refractivity (Wildman–Crippen MR) is 56.2 cm³/mol. The third kappa shape index (κ3) is 2.97. The Labute approximate surface area is 103 Å². The van der Waals surface area contributed by atoms with Gasteiger partial charge in [-0.05, 0) is 6.92 Å². The summed E-state index contributed by atoms with van der Waals surface area (Å²) in [6.45, 7) is 0.813. The summed E-state index contributed by atoms with van der Waals surface area (Å²) in [5.41, 5.74) is 0. The molecule has 0 saturated carbocycles. The van der Waals surface area contributed by atoms with Crippen LogP contribution in [0.4, 0.5) is 0 Å². The standard InChI is InChI=1S/C10H18O8/c1-2-17-9(15)10(16)3-5(12)8(18-10)7(14)6(13)4-11/h5-8,11-14,16H,2-4H2,1H3/t5-,6-,7-,8-,10?/m1/s1. The van der Waals surface area contributed by atoms with E-state index in [1.54, 1.807) is 0 Å². The average Bonchev–Trinajstić information content (AvgIpc) is 2.64. The van der Waals surface area contributed by atoms with E-state index in [9.17, 15) is 25.2 Å². The number of esters is 1. The summed E-state index contributed by atoms with van der Waals surface area (Å²) >= 11 is 0. The second-order valence-corrected chi connectivity index (χ2v) is 4.10.